The molecule has 5 saturated heterocycles. The van der Waals surface area contributed by atoms with Crippen LogP contribution in [-0.2, 0) is 76.0 Å². The second kappa shape index (κ2) is 40.2. The Morgan fingerprint density at radius 2 is 1.04 bits per heavy atom. The molecule has 99 heavy (non-hydrogen) atoms. The summed E-state index contributed by atoms with van der Waals surface area (Å²) in [7, 11) is 1.21. The average Bonchev–Trinajstić information content (AvgIpc) is 0.772. The van der Waals surface area contributed by atoms with Crippen LogP contribution in [0, 0.1) is 0 Å². The van der Waals surface area contributed by atoms with Gasteiger partial charge < -0.3 is 155 Å². The van der Waals surface area contributed by atoms with Crippen LogP contribution in [-0.4, -0.2) is 321 Å². The minimum atomic E-state index is -2.18. The van der Waals surface area contributed by atoms with Gasteiger partial charge in [-0.25, -0.2) is 0 Å². The predicted octanol–water partition coefficient (Wildman–Crippen LogP) is -6.13. The molecule has 0 radical (unpaired) electrons. The number of hydrogen-bond acceptors (Lipinski definition) is 31. The zero-order chi connectivity index (χ0) is 72.9. The van der Waals surface area contributed by atoms with Crippen molar-refractivity contribution >= 4 is 29.5 Å². The highest BCUT2D eigenvalue weighted by Gasteiger charge is 2.57. The molecule has 15 unspecified atom stereocenters. The Morgan fingerprint density at radius 3 is 1.53 bits per heavy atom. The summed E-state index contributed by atoms with van der Waals surface area (Å²) in [6.07, 6.45) is -31.6. The average molecular weight is 1430 g/mol. The molecule has 1 aromatic rings. The van der Waals surface area contributed by atoms with Gasteiger partial charge in [0, 0.05) is 40.4 Å². The van der Waals surface area contributed by atoms with Gasteiger partial charge >= 0.3 is 0 Å². The summed E-state index contributed by atoms with van der Waals surface area (Å²) >= 11 is 0. The predicted molar refractivity (Wildman–Crippen MR) is 335 cm³/mol. The number of allylic oxidation sites excluding steroid dienone is 2. The molecule has 5 aliphatic heterocycles. The summed E-state index contributed by atoms with van der Waals surface area (Å²) in [5.74, 6) is -3.66. The van der Waals surface area contributed by atoms with Gasteiger partial charge in [0.2, 0.25) is 29.9 Å². The van der Waals surface area contributed by atoms with E-state index in [2.05, 4.69) is 40.3 Å². The summed E-state index contributed by atoms with van der Waals surface area (Å²) in [4.78, 5) is 64.5. The van der Waals surface area contributed by atoms with Crippen LogP contribution in [0.4, 0.5) is 0 Å². The number of unbranched alkanes of at least 4 members (excludes halogenated alkanes) is 5. The van der Waals surface area contributed by atoms with Gasteiger partial charge in [-0.1, -0.05) is 44.4 Å². The molecule has 36 nitrogen and oxygen atoms in total. The van der Waals surface area contributed by atoms with Crippen molar-refractivity contribution in [3.63, 3.8) is 0 Å². The molecule has 29 atom stereocenters. The van der Waals surface area contributed by atoms with Crippen LogP contribution >= 0.6 is 0 Å². The van der Waals surface area contributed by atoms with Crippen molar-refractivity contribution in [3.05, 3.63) is 42.0 Å². The highest BCUT2D eigenvalue weighted by molar-refractivity contribution is 5.94. The van der Waals surface area contributed by atoms with Gasteiger partial charge in [0.15, 0.2) is 37.7 Å². The molecular weight excluding hydrogens is 1320 g/mol. The van der Waals surface area contributed by atoms with Crippen molar-refractivity contribution in [1.82, 2.24) is 26.6 Å². The van der Waals surface area contributed by atoms with Gasteiger partial charge in [0.1, 0.15) is 128 Å². The third-order valence-corrected chi connectivity index (χ3v) is 17.3. The van der Waals surface area contributed by atoms with E-state index in [1.54, 1.807) is 12.1 Å². The number of aliphatic hydroxyl groups is 13. The number of ether oxygens (including phenoxy) is 13. The van der Waals surface area contributed by atoms with Gasteiger partial charge in [-0.3, -0.25) is 24.0 Å². The van der Waals surface area contributed by atoms with E-state index in [9.17, 15) is 90.4 Å². The third kappa shape index (κ3) is 22.8. The number of carbonyl (C=O) groups is 5. The highest BCUT2D eigenvalue weighted by atomic mass is 16.8. The van der Waals surface area contributed by atoms with Crippen molar-refractivity contribution in [3.8, 4) is 5.75 Å². The molecule has 0 aromatic heterocycles. The first-order chi connectivity index (χ1) is 47.1. The van der Waals surface area contributed by atoms with E-state index in [0.29, 0.717) is 18.8 Å². The molecule has 0 aliphatic carbocycles. The third-order valence-electron chi connectivity index (χ3n) is 17.3. The number of aliphatic hydroxyl groups excluding tert-OH is 13. The van der Waals surface area contributed by atoms with Crippen LogP contribution < -0.4 is 31.3 Å². The number of methoxy groups -OCH3 is 1. The standard InChI is InChI=1S/C63H103N5O31/c1-9-10-11-12-13-14-15-16-17-21-88-35-20-18-19-34(22-35)56(84)68-41-47(79)46(78)36(23-69)93-60(41)97-53-38(25-71)95-62(43(49(53)81)65-31(5)74)99-54-39(26-72)96-61(44(50(54)82)66-32(6)75)98-52-37(24-70)94-59(42(48(52)80)64-30(4)73)90-28(2)40(92-58(86)57(85)67-33(7)76)27-89-63-55(87-8)51(83)45(77)29(3)91-63/h14-15,18-20,22,28-29,36-55,57-63,69-72,77-83,85-86H,9-13,16-17,21,23-27H2,1-8H3,(H,64,73)(H,65,74)(H,66,75)(H,67,76)(H,68,84)/b15-14-/t28?,29?,36?,37-,38-,39?,40?,41-,42?,43?,44-,45?,46+,47?,48?,49?,50+,51-,52+,53+,54?,55+,57-,58?,59?,60?,61-,62-,63+/m0/s1. The Labute approximate surface area is 572 Å². The Balaban J connectivity index is 1.19. The molecule has 0 saturated carbocycles. The van der Waals surface area contributed by atoms with E-state index < -0.39 is 241 Å². The quantitative estimate of drug-likeness (QED) is 0.0169. The van der Waals surface area contributed by atoms with E-state index in [1.807, 2.05) is 5.32 Å². The largest absolute Gasteiger partial charge is 0.494 e. The molecule has 5 fully saturated rings. The van der Waals surface area contributed by atoms with E-state index in [1.165, 1.54) is 45.9 Å². The molecule has 36 heteroatoms. The number of nitrogens with one attached hydrogen (secondary N) is 5. The van der Waals surface area contributed by atoms with Gasteiger partial charge in [-0.05, 0) is 57.7 Å². The van der Waals surface area contributed by atoms with Crippen LogP contribution in [0.15, 0.2) is 36.4 Å². The fourth-order valence-corrected chi connectivity index (χ4v) is 12.0. The van der Waals surface area contributed by atoms with Crippen LogP contribution in [0.5, 0.6) is 5.75 Å². The number of benzene rings is 1. The molecule has 0 spiro atoms. The fraction of sp³-hybridized carbons (Fsp3) is 0.794. The smallest absolute Gasteiger partial charge is 0.251 e. The lowest BCUT2D eigenvalue weighted by Crippen LogP contribution is -2.72. The SMILES string of the molecule is CCCCCC/C=C\CCCOc1cccc(C(=O)N[C@@H]2C(O[C@H]3C(O)C(NC(C)=O)[C@H](OC4C(CO)O[C@@H](O[C@H]5C(O)C(NC(C)=O)C(OC(C)C(CO[C@@H]6OC(C)C(O)[C@H](O)[C@H]6OC)OC(O)[C@H](O)NC(C)=O)O[C@H]5CO)[C@@H](NC(C)=O)[C@H]4O)O[C@H]3CO)OC(CO)[C@@H](O)C2O)c1. The Bertz CT molecular complexity index is 2680. The first kappa shape index (κ1) is 83.1. The number of rotatable bonds is 36. The van der Waals surface area contributed by atoms with Crippen LogP contribution in [0.3, 0.4) is 0 Å². The van der Waals surface area contributed by atoms with Crippen molar-refractivity contribution < 1.29 is 152 Å². The topological polar surface area (TPSA) is 528 Å². The molecule has 18 N–H and O–H groups in total. The molecule has 566 valence electrons. The molecule has 5 heterocycles. The van der Waals surface area contributed by atoms with E-state index >= 15 is 0 Å². The summed E-state index contributed by atoms with van der Waals surface area (Å²) in [6.45, 7) is 4.92. The van der Waals surface area contributed by atoms with Crippen molar-refractivity contribution in [2.24, 2.45) is 0 Å². The monoisotopic (exact) mass is 1430 g/mol. The molecule has 1 aromatic carbocycles. The van der Waals surface area contributed by atoms with Gasteiger partial charge in [0.05, 0.1) is 51.8 Å². The Morgan fingerprint density at radius 1 is 0.556 bits per heavy atom. The first-order valence-electron chi connectivity index (χ1n) is 33.1. The lowest BCUT2D eigenvalue weighted by atomic mass is 9.93. The van der Waals surface area contributed by atoms with Crippen molar-refractivity contribution in [1.29, 1.82) is 0 Å². The van der Waals surface area contributed by atoms with Crippen LogP contribution in [0.1, 0.15) is 104 Å². The minimum absolute atomic E-state index is 0.0496. The number of amides is 5. The van der Waals surface area contributed by atoms with Crippen molar-refractivity contribution in [2.75, 3.05) is 46.8 Å². The summed E-state index contributed by atoms with van der Waals surface area (Å²) in [5, 5.41) is 157. The first-order valence-corrected chi connectivity index (χ1v) is 33.1. The fourth-order valence-electron chi connectivity index (χ4n) is 12.0. The molecule has 6 rings (SSSR count). The van der Waals surface area contributed by atoms with E-state index in [-0.39, 0.29) is 5.56 Å². The van der Waals surface area contributed by atoms with E-state index in [4.69, 9.17) is 61.6 Å². The van der Waals surface area contributed by atoms with E-state index in [0.717, 1.165) is 53.4 Å². The van der Waals surface area contributed by atoms with Gasteiger partial charge in [-0.2, -0.15) is 0 Å². The van der Waals surface area contributed by atoms with Crippen LogP contribution in [0.25, 0.3) is 0 Å². The maximum Gasteiger partial charge on any atom is 0.251 e. The molecular formula is C63H103N5O31. The zero-order valence-corrected chi connectivity index (χ0v) is 56.6. The lowest BCUT2D eigenvalue weighted by Gasteiger charge is -2.51. The minimum Gasteiger partial charge on any atom is -0.494 e. The molecule has 0 bridgehead atoms. The Hall–Kier alpha value is -4.89. The van der Waals surface area contributed by atoms with Gasteiger partial charge in [0.25, 0.3) is 5.91 Å². The maximum absolute atomic E-state index is 13.9. The summed E-state index contributed by atoms with van der Waals surface area (Å²) < 4.78 is 77.7. The summed E-state index contributed by atoms with van der Waals surface area (Å²) in [6, 6.07) is -0.739. The zero-order valence-electron chi connectivity index (χ0n) is 56.6. The molecule has 5 aliphatic rings. The normalized spacial score (nSPS) is 36.2. The second-order valence-corrected chi connectivity index (χ2v) is 25.0. The number of hydrogen-bond donors (Lipinski definition) is 18. The van der Waals surface area contributed by atoms with Gasteiger partial charge in [-0.15, -0.1) is 0 Å². The number of carbonyl (C=O) groups excluding carboxylic acids is 5. The maximum atomic E-state index is 13.9. The molecule has 5 amide bonds. The Kier molecular flexibility index (Phi) is 33.8. The second-order valence-electron chi connectivity index (χ2n) is 25.0. The van der Waals surface area contributed by atoms with Crippen LogP contribution in [0.2, 0.25) is 0 Å². The van der Waals surface area contributed by atoms with Crippen molar-refractivity contribution in [2.45, 2.75) is 271 Å². The lowest BCUT2D eigenvalue weighted by molar-refractivity contribution is -0.364. The highest BCUT2D eigenvalue weighted by Crippen LogP contribution is 2.36. The summed E-state index contributed by atoms with van der Waals surface area (Å²) in [5.41, 5.74) is 0.0496.